The lowest BCUT2D eigenvalue weighted by molar-refractivity contribution is -0.125. The lowest BCUT2D eigenvalue weighted by Crippen LogP contribution is -2.41. The van der Waals surface area contributed by atoms with Gasteiger partial charge in [0.1, 0.15) is 0 Å². The number of hydrogen-bond acceptors (Lipinski definition) is 3. The summed E-state index contributed by atoms with van der Waals surface area (Å²) in [5, 5.41) is 5.86. The first-order valence-electron chi connectivity index (χ1n) is 7.47. The summed E-state index contributed by atoms with van der Waals surface area (Å²) in [6, 6.07) is 8.14. The highest BCUT2D eigenvalue weighted by molar-refractivity contribution is 9.10. The first-order valence-corrected chi connectivity index (χ1v) is 8.26. The van der Waals surface area contributed by atoms with Crippen molar-refractivity contribution in [2.45, 2.75) is 31.8 Å². The SMILES string of the molecule is C[C@@H](NC(=O)CN(C)CC(=O)NC1CC1)c1ccc(Br)cc1. The third kappa shape index (κ3) is 5.77. The maximum atomic E-state index is 12.0. The van der Waals surface area contributed by atoms with Crippen LogP contribution >= 0.6 is 15.9 Å². The van der Waals surface area contributed by atoms with Crippen molar-refractivity contribution in [1.82, 2.24) is 15.5 Å². The molecule has 120 valence electrons. The first-order chi connectivity index (χ1) is 10.4. The number of carbonyl (C=O) groups is 2. The summed E-state index contributed by atoms with van der Waals surface area (Å²) in [6.45, 7) is 2.40. The molecular formula is C16H22BrN3O2. The van der Waals surface area contributed by atoms with Crippen LogP contribution in [0.2, 0.25) is 0 Å². The number of benzene rings is 1. The fourth-order valence-corrected chi connectivity index (χ4v) is 2.43. The number of likely N-dealkylation sites (N-methyl/N-ethyl adjacent to an activating group) is 1. The molecule has 2 rings (SSSR count). The smallest absolute Gasteiger partial charge is 0.234 e. The highest BCUT2D eigenvalue weighted by atomic mass is 79.9. The third-order valence-corrected chi connectivity index (χ3v) is 4.05. The lowest BCUT2D eigenvalue weighted by Gasteiger charge is -2.19. The number of nitrogens with one attached hydrogen (secondary N) is 2. The molecule has 1 aromatic rings. The van der Waals surface area contributed by atoms with Gasteiger partial charge in [-0.15, -0.1) is 0 Å². The van der Waals surface area contributed by atoms with E-state index in [1.807, 2.05) is 31.2 Å². The molecule has 22 heavy (non-hydrogen) atoms. The zero-order valence-electron chi connectivity index (χ0n) is 12.9. The van der Waals surface area contributed by atoms with Gasteiger partial charge in [-0.1, -0.05) is 28.1 Å². The Bertz CT molecular complexity index is 529. The summed E-state index contributed by atoms with van der Waals surface area (Å²) in [4.78, 5) is 25.4. The molecule has 0 spiro atoms. The molecule has 1 saturated carbocycles. The van der Waals surface area contributed by atoms with Gasteiger partial charge in [0.15, 0.2) is 0 Å². The Morgan fingerprint density at radius 1 is 1.23 bits per heavy atom. The van der Waals surface area contributed by atoms with Crippen LogP contribution in [-0.2, 0) is 9.59 Å². The minimum absolute atomic E-state index is 0.0150. The van der Waals surface area contributed by atoms with E-state index in [1.165, 1.54) is 0 Å². The summed E-state index contributed by atoms with van der Waals surface area (Å²) in [5.74, 6) is -0.101. The summed E-state index contributed by atoms with van der Waals surface area (Å²) in [7, 11) is 1.77. The van der Waals surface area contributed by atoms with Crippen LogP contribution in [0.5, 0.6) is 0 Å². The lowest BCUT2D eigenvalue weighted by atomic mass is 10.1. The maximum absolute atomic E-state index is 12.0. The Balaban J connectivity index is 1.73. The molecule has 0 aromatic heterocycles. The predicted molar refractivity (Wildman–Crippen MR) is 89.4 cm³/mol. The molecule has 1 aliphatic rings. The van der Waals surface area contributed by atoms with Crippen LogP contribution in [-0.4, -0.2) is 42.9 Å². The van der Waals surface area contributed by atoms with Gasteiger partial charge in [-0.05, 0) is 44.5 Å². The topological polar surface area (TPSA) is 61.4 Å². The Kier molecular flexibility index (Phi) is 5.97. The largest absolute Gasteiger partial charge is 0.352 e. The fourth-order valence-electron chi connectivity index (χ4n) is 2.17. The van der Waals surface area contributed by atoms with Crippen molar-refractivity contribution in [3.63, 3.8) is 0 Å². The van der Waals surface area contributed by atoms with Crippen molar-refractivity contribution in [3.05, 3.63) is 34.3 Å². The van der Waals surface area contributed by atoms with Crippen LogP contribution < -0.4 is 10.6 Å². The minimum Gasteiger partial charge on any atom is -0.352 e. The second-order valence-electron chi connectivity index (χ2n) is 5.85. The standard InChI is InChI=1S/C16H22BrN3O2/c1-11(12-3-5-13(17)6-4-12)18-15(21)9-20(2)10-16(22)19-14-7-8-14/h3-6,11,14H,7-10H2,1-2H3,(H,18,21)(H,19,22)/t11-/m1/s1. The molecule has 6 heteroatoms. The molecule has 0 unspecified atom stereocenters. The van der Waals surface area contributed by atoms with E-state index in [0.29, 0.717) is 6.04 Å². The van der Waals surface area contributed by atoms with E-state index in [9.17, 15) is 9.59 Å². The van der Waals surface area contributed by atoms with Crippen LogP contribution in [0.1, 0.15) is 31.4 Å². The van der Waals surface area contributed by atoms with Crippen LogP contribution in [0.15, 0.2) is 28.7 Å². The van der Waals surface area contributed by atoms with E-state index >= 15 is 0 Å². The number of carbonyl (C=O) groups excluding carboxylic acids is 2. The molecule has 1 aromatic carbocycles. The van der Waals surface area contributed by atoms with Crippen LogP contribution in [0.25, 0.3) is 0 Å². The quantitative estimate of drug-likeness (QED) is 0.772. The molecule has 5 nitrogen and oxygen atoms in total. The van der Waals surface area contributed by atoms with Crippen LogP contribution in [0.4, 0.5) is 0 Å². The van der Waals surface area contributed by atoms with Crippen molar-refractivity contribution in [3.8, 4) is 0 Å². The van der Waals surface area contributed by atoms with Crippen LogP contribution in [0, 0.1) is 0 Å². The first kappa shape index (κ1) is 17.0. The van der Waals surface area contributed by atoms with E-state index < -0.39 is 0 Å². The second kappa shape index (κ2) is 7.74. The highest BCUT2D eigenvalue weighted by Crippen LogP contribution is 2.18. The number of nitrogens with zero attached hydrogens (tertiary/aromatic N) is 1. The molecule has 2 N–H and O–H groups in total. The van der Waals surface area contributed by atoms with Gasteiger partial charge in [0.25, 0.3) is 0 Å². The fraction of sp³-hybridized carbons (Fsp3) is 0.500. The van der Waals surface area contributed by atoms with Crippen LogP contribution in [0.3, 0.4) is 0 Å². The number of halogens is 1. The average molecular weight is 368 g/mol. The van der Waals surface area contributed by atoms with Gasteiger partial charge in [0.2, 0.25) is 11.8 Å². The average Bonchev–Trinajstić information content (AvgIpc) is 3.22. The molecule has 0 bridgehead atoms. The van der Waals surface area contributed by atoms with E-state index in [-0.39, 0.29) is 30.9 Å². The maximum Gasteiger partial charge on any atom is 0.234 e. The van der Waals surface area contributed by atoms with Crippen molar-refractivity contribution in [1.29, 1.82) is 0 Å². The van der Waals surface area contributed by atoms with Crippen molar-refractivity contribution in [2.24, 2.45) is 0 Å². The molecule has 0 aliphatic heterocycles. The monoisotopic (exact) mass is 367 g/mol. The van der Waals surface area contributed by atoms with E-state index in [2.05, 4.69) is 26.6 Å². The van der Waals surface area contributed by atoms with Gasteiger partial charge in [-0.2, -0.15) is 0 Å². The second-order valence-corrected chi connectivity index (χ2v) is 6.77. The summed E-state index contributed by atoms with van der Waals surface area (Å²) in [5.41, 5.74) is 1.05. The predicted octanol–water partition coefficient (Wildman–Crippen LogP) is 1.84. The Hall–Kier alpha value is -1.40. The van der Waals surface area contributed by atoms with Gasteiger partial charge < -0.3 is 10.6 Å². The van der Waals surface area contributed by atoms with Gasteiger partial charge in [-0.3, -0.25) is 14.5 Å². The molecule has 1 aliphatic carbocycles. The molecule has 0 heterocycles. The van der Waals surface area contributed by atoms with Crippen molar-refractivity contribution < 1.29 is 9.59 Å². The Labute approximate surface area is 139 Å². The van der Waals surface area contributed by atoms with Crippen molar-refractivity contribution >= 4 is 27.7 Å². The number of amides is 2. The molecule has 1 fully saturated rings. The Morgan fingerprint density at radius 2 is 1.82 bits per heavy atom. The number of rotatable bonds is 7. The summed E-state index contributed by atoms with van der Waals surface area (Å²) in [6.07, 6.45) is 2.14. The number of hydrogen-bond donors (Lipinski definition) is 2. The van der Waals surface area contributed by atoms with Gasteiger partial charge in [0.05, 0.1) is 19.1 Å². The van der Waals surface area contributed by atoms with Gasteiger partial charge in [-0.25, -0.2) is 0 Å². The third-order valence-electron chi connectivity index (χ3n) is 3.52. The normalized spacial score (nSPS) is 15.5. The summed E-state index contributed by atoms with van der Waals surface area (Å²) < 4.78 is 1.01. The van der Waals surface area contributed by atoms with E-state index in [4.69, 9.17) is 0 Å². The zero-order chi connectivity index (χ0) is 16.1. The molecule has 2 amide bonds. The van der Waals surface area contributed by atoms with Gasteiger partial charge in [0, 0.05) is 10.5 Å². The molecular weight excluding hydrogens is 346 g/mol. The minimum atomic E-state index is -0.0860. The molecule has 0 radical (unpaired) electrons. The van der Waals surface area contributed by atoms with Crippen molar-refractivity contribution in [2.75, 3.05) is 20.1 Å². The Morgan fingerprint density at radius 3 is 2.41 bits per heavy atom. The van der Waals surface area contributed by atoms with E-state index in [0.717, 1.165) is 22.9 Å². The van der Waals surface area contributed by atoms with E-state index in [1.54, 1.807) is 11.9 Å². The highest BCUT2D eigenvalue weighted by Gasteiger charge is 2.23. The zero-order valence-corrected chi connectivity index (χ0v) is 14.5. The summed E-state index contributed by atoms with van der Waals surface area (Å²) >= 11 is 3.39. The van der Waals surface area contributed by atoms with Gasteiger partial charge >= 0.3 is 0 Å². The molecule has 1 atom stereocenters. The molecule has 0 saturated heterocycles.